The molecule has 2 saturated carbocycles. The van der Waals surface area contributed by atoms with Crippen LogP contribution in [0.25, 0.3) is 0 Å². The fraction of sp³-hybridized carbons (Fsp3) is 0.409. The predicted molar refractivity (Wildman–Crippen MR) is 113 cm³/mol. The lowest BCUT2D eigenvalue weighted by Crippen LogP contribution is -2.12. The van der Waals surface area contributed by atoms with Gasteiger partial charge in [0.05, 0.1) is 6.54 Å². The number of nitrogens with zero attached hydrogens (tertiary/aromatic N) is 4. The van der Waals surface area contributed by atoms with Gasteiger partial charge in [-0.05, 0) is 79.6 Å². The maximum atomic E-state index is 11.3. The number of carbonyl (C=O) groups excluding carboxylic acids is 1. The summed E-state index contributed by atoms with van der Waals surface area (Å²) >= 11 is 1.52. The highest BCUT2D eigenvalue weighted by Gasteiger charge is 2.29. The minimum Gasteiger partial charge on any atom is -0.309 e. The topological polar surface area (TPSA) is 80.1 Å². The molecule has 0 spiro atoms. The van der Waals surface area contributed by atoms with Gasteiger partial charge in [0.15, 0.2) is 5.16 Å². The molecule has 2 aromatic rings. The molecule has 0 atom stereocenters. The van der Waals surface area contributed by atoms with Crippen molar-refractivity contribution in [2.24, 2.45) is 10.9 Å². The second kappa shape index (κ2) is 7.71. The Bertz CT molecular complexity index is 1010. The lowest BCUT2D eigenvalue weighted by atomic mass is 10.1. The maximum Gasteiger partial charge on any atom is 0.232 e. The van der Waals surface area contributed by atoms with Gasteiger partial charge < -0.3 is 5.32 Å². The van der Waals surface area contributed by atoms with Gasteiger partial charge in [-0.2, -0.15) is 9.97 Å². The number of amidine groups is 1. The molecule has 6 nitrogen and oxygen atoms in total. The monoisotopic (exact) mass is 405 g/mol. The van der Waals surface area contributed by atoms with Gasteiger partial charge in [0.2, 0.25) is 5.95 Å². The number of hydrogen-bond acceptors (Lipinski definition) is 7. The quantitative estimate of drug-likeness (QED) is 0.744. The first-order valence-corrected chi connectivity index (χ1v) is 11.0. The summed E-state index contributed by atoms with van der Waals surface area (Å²) in [6, 6.07) is 8.01. The zero-order chi connectivity index (χ0) is 19.8. The number of aliphatic imine (C=N–C) groups is 1. The molecule has 1 aliphatic heterocycles. The van der Waals surface area contributed by atoms with E-state index in [2.05, 4.69) is 31.3 Å². The zero-order valence-electron chi connectivity index (χ0n) is 16.4. The van der Waals surface area contributed by atoms with Gasteiger partial charge in [0.25, 0.3) is 0 Å². The summed E-state index contributed by atoms with van der Waals surface area (Å²) in [5.74, 6) is 3.63. The Morgan fingerprint density at radius 1 is 1.07 bits per heavy atom. The van der Waals surface area contributed by atoms with E-state index in [-0.39, 0.29) is 5.78 Å². The Morgan fingerprint density at radius 3 is 2.52 bits per heavy atom. The van der Waals surface area contributed by atoms with E-state index in [0.717, 1.165) is 47.4 Å². The Balaban J connectivity index is 1.33. The number of nitrogens with one attached hydrogen (secondary N) is 1. The van der Waals surface area contributed by atoms with Crippen LogP contribution in [0.2, 0.25) is 0 Å². The van der Waals surface area contributed by atoms with E-state index in [4.69, 9.17) is 0 Å². The van der Waals surface area contributed by atoms with Crippen molar-refractivity contribution in [1.82, 2.24) is 15.0 Å². The van der Waals surface area contributed by atoms with Crippen molar-refractivity contribution in [2.75, 3.05) is 11.9 Å². The van der Waals surface area contributed by atoms with Crippen LogP contribution < -0.4 is 5.32 Å². The molecule has 0 saturated heterocycles. The Morgan fingerprint density at radius 2 is 1.83 bits per heavy atom. The van der Waals surface area contributed by atoms with Crippen LogP contribution in [0.3, 0.4) is 0 Å². The first-order valence-electron chi connectivity index (χ1n) is 10.2. The van der Waals surface area contributed by atoms with Crippen LogP contribution in [0.5, 0.6) is 0 Å². The number of ketones is 1. The fourth-order valence-electron chi connectivity index (χ4n) is 3.40. The van der Waals surface area contributed by atoms with Crippen LogP contribution in [0.1, 0.15) is 49.9 Å². The Labute approximate surface area is 174 Å². The summed E-state index contributed by atoms with van der Waals surface area (Å²) in [4.78, 5) is 30.9. The van der Waals surface area contributed by atoms with Crippen LogP contribution in [0, 0.1) is 5.92 Å². The van der Waals surface area contributed by atoms with Crippen molar-refractivity contribution in [3.05, 3.63) is 47.3 Å². The van der Waals surface area contributed by atoms with Gasteiger partial charge in [-0.3, -0.25) is 9.79 Å². The van der Waals surface area contributed by atoms with E-state index in [1.165, 1.54) is 30.2 Å². The van der Waals surface area contributed by atoms with Crippen molar-refractivity contribution >= 4 is 29.3 Å². The molecule has 0 bridgehead atoms. The van der Waals surface area contributed by atoms with Crippen LogP contribution in [0.4, 0.5) is 5.95 Å². The zero-order valence-corrected chi connectivity index (χ0v) is 17.2. The van der Waals surface area contributed by atoms with E-state index in [1.54, 1.807) is 6.92 Å². The highest BCUT2D eigenvalue weighted by Crippen LogP contribution is 2.40. The number of Topliss-reactive ketones (excluding diaryl/α,β-unsaturated/α-hetero) is 1. The molecule has 3 aliphatic rings. The summed E-state index contributed by atoms with van der Waals surface area (Å²) in [6.45, 7) is 2.40. The molecule has 5 rings (SSSR count). The molecular formula is C22H23N5OS. The maximum absolute atomic E-state index is 11.3. The molecule has 29 heavy (non-hydrogen) atoms. The number of carbonyl (C=O) groups is 1. The van der Waals surface area contributed by atoms with E-state index < -0.39 is 0 Å². The van der Waals surface area contributed by atoms with E-state index in [1.807, 2.05) is 24.3 Å². The van der Waals surface area contributed by atoms with Crippen molar-refractivity contribution in [1.29, 1.82) is 0 Å². The molecule has 7 heteroatoms. The normalized spacial score (nSPS) is 18.4. The molecule has 148 valence electrons. The standard InChI is InChI=1S/C22H23N5OS/c1-13(28)10-14-2-8-18(9-3-14)29-22-26-20(16-6-7-16)25-21(27-22)24-19-11-17(12-23-19)15-4-5-15/h2-3,8-9,11,15-16H,4-7,10,12H2,1H3,(H,23,24,25,26,27). The van der Waals surface area contributed by atoms with Crippen LogP contribution in [-0.4, -0.2) is 33.1 Å². The molecule has 1 aromatic carbocycles. The molecule has 1 aromatic heterocycles. The van der Waals surface area contributed by atoms with Crippen molar-refractivity contribution < 1.29 is 4.79 Å². The summed E-state index contributed by atoms with van der Waals surface area (Å²) in [7, 11) is 0. The molecule has 2 heterocycles. The van der Waals surface area contributed by atoms with Crippen molar-refractivity contribution in [2.45, 2.75) is 55.0 Å². The molecule has 0 radical (unpaired) electrons. The van der Waals surface area contributed by atoms with Gasteiger partial charge in [0, 0.05) is 17.2 Å². The lowest BCUT2D eigenvalue weighted by Gasteiger charge is -2.08. The molecule has 0 amide bonds. The van der Waals surface area contributed by atoms with E-state index >= 15 is 0 Å². The van der Waals surface area contributed by atoms with E-state index in [9.17, 15) is 4.79 Å². The Kier molecular flexibility index (Phi) is 4.91. The van der Waals surface area contributed by atoms with Crippen LogP contribution in [0.15, 0.2) is 51.0 Å². The minimum absolute atomic E-state index is 0.168. The van der Waals surface area contributed by atoms with Gasteiger partial charge in [-0.15, -0.1) is 0 Å². The number of anilines is 1. The second-order valence-corrected chi connectivity index (χ2v) is 9.06. The lowest BCUT2D eigenvalue weighted by molar-refractivity contribution is -0.116. The number of rotatable bonds is 7. The summed E-state index contributed by atoms with van der Waals surface area (Å²) in [6.07, 6.45) is 7.48. The largest absolute Gasteiger partial charge is 0.309 e. The smallest absolute Gasteiger partial charge is 0.232 e. The van der Waals surface area contributed by atoms with Crippen LogP contribution >= 0.6 is 11.8 Å². The van der Waals surface area contributed by atoms with Crippen molar-refractivity contribution in [3.8, 4) is 0 Å². The highest BCUT2D eigenvalue weighted by molar-refractivity contribution is 7.99. The first-order chi connectivity index (χ1) is 14.1. The molecule has 2 aliphatic carbocycles. The molecule has 0 unspecified atom stereocenters. The predicted octanol–water partition coefficient (Wildman–Crippen LogP) is 4.19. The van der Waals surface area contributed by atoms with E-state index in [0.29, 0.717) is 23.4 Å². The highest BCUT2D eigenvalue weighted by atomic mass is 32.2. The molecule has 1 N–H and O–H groups in total. The van der Waals surface area contributed by atoms with Gasteiger partial charge in [0.1, 0.15) is 17.4 Å². The Hall–Kier alpha value is -2.54. The average Bonchev–Trinajstić information content (AvgIpc) is 3.61. The van der Waals surface area contributed by atoms with Crippen molar-refractivity contribution in [3.63, 3.8) is 0 Å². The summed E-state index contributed by atoms with van der Waals surface area (Å²) < 4.78 is 0. The number of hydrogen-bond donors (Lipinski definition) is 1. The summed E-state index contributed by atoms with van der Waals surface area (Å²) in [5, 5.41) is 3.98. The third-order valence-electron chi connectivity index (χ3n) is 5.26. The third-order valence-corrected chi connectivity index (χ3v) is 6.13. The van der Waals surface area contributed by atoms with Gasteiger partial charge in [-0.25, -0.2) is 4.98 Å². The molecule has 2 fully saturated rings. The number of aromatic nitrogens is 3. The minimum atomic E-state index is 0.168. The van der Waals surface area contributed by atoms with Crippen LogP contribution in [-0.2, 0) is 11.2 Å². The average molecular weight is 406 g/mol. The number of benzene rings is 1. The first kappa shape index (κ1) is 18.5. The summed E-state index contributed by atoms with van der Waals surface area (Å²) in [5.41, 5.74) is 2.44. The fourth-order valence-corrected chi connectivity index (χ4v) is 4.15. The second-order valence-electron chi connectivity index (χ2n) is 8.02. The van der Waals surface area contributed by atoms with Gasteiger partial charge in [-0.1, -0.05) is 12.1 Å². The third kappa shape index (κ3) is 4.72. The molecular weight excluding hydrogens is 382 g/mol. The SMILES string of the molecule is CC(=O)Cc1ccc(Sc2nc(NC3=NCC(C4CC4)=C3)nc(C3CC3)n2)cc1. The van der Waals surface area contributed by atoms with Gasteiger partial charge >= 0.3 is 0 Å².